The van der Waals surface area contributed by atoms with Crippen molar-refractivity contribution in [3.63, 3.8) is 0 Å². The fraction of sp³-hybridized carbons (Fsp3) is 0.154. The van der Waals surface area contributed by atoms with E-state index in [2.05, 4.69) is 0 Å². The molecule has 0 amide bonds. The number of benzene rings is 1. The molecule has 0 spiro atoms. The molecule has 4 heteroatoms. The normalized spacial score (nSPS) is 10.2. The first kappa shape index (κ1) is 11.7. The number of aldehydes is 1. The number of hydrogen-bond acceptors (Lipinski definition) is 2. The summed E-state index contributed by atoms with van der Waals surface area (Å²) in [5.74, 6) is 0.772. The highest BCUT2D eigenvalue weighted by Gasteiger charge is 1.99. The van der Waals surface area contributed by atoms with Crippen molar-refractivity contribution in [2.45, 2.75) is 6.54 Å². The van der Waals surface area contributed by atoms with E-state index in [4.69, 9.17) is 16.3 Å². The Hall–Kier alpha value is -1.74. The van der Waals surface area contributed by atoms with E-state index in [-0.39, 0.29) is 0 Å². The summed E-state index contributed by atoms with van der Waals surface area (Å²) >= 11 is 5.77. The minimum atomic E-state index is 0.511. The fourth-order valence-corrected chi connectivity index (χ4v) is 1.66. The van der Waals surface area contributed by atoms with Crippen LogP contribution in [0.3, 0.4) is 0 Å². The predicted molar refractivity (Wildman–Crippen MR) is 66.8 cm³/mol. The maximum absolute atomic E-state index is 10.7. The van der Waals surface area contributed by atoms with E-state index in [9.17, 15) is 4.79 Å². The number of halogens is 1. The molecule has 0 aliphatic heterocycles. The summed E-state index contributed by atoms with van der Waals surface area (Å²) in [5.41, 5.74) is 0.657. The van der Waals surface area contributed by atoms with Crippen LogP contribution in [0.25, 0.3) is 0 Å². The van der Waals surface area contributed by atoms with Gasteiger partial charge in [-0.1, -0.05) is 11.6 Å². The van der Waals surface area contributed by atoms with E-state index in [1.807, 2.05) is 29.0 Å². The Morgan fingerprint density at radius 3 is 2.71 bits per heavy atom. The van der Waals surface area contributed by atoms with Crippen LogP contribution in [-0.2, 0) is 6.54 Å². The Labute approximate surface area is 105 Å². The molecular weight excluding hydrogens is 238 g/mol. The third kappa shape index (κ3) is 3.11. The lowest BCUT2D eigenvalue weighted by molar-refractivity contribution is 0.111. The van der Waals surface area contributed by atoms with Gasteiger partial charge < -0.3 is 9.30 Å². The van der Waals surface area contributed by atoms with Gasteiger partial charge in [0.2, 0.25) is 0 Å². The van der Waals surface area contributed by atoms with E-state index in [0.717, 1.165) is 12.0 Å². The zero-order chi connectivity index (χ0) is 12.1. The van der Waals surface area contributed by atoms with Gasteiger partial charge in [-0.15, -0.1) is 0 Å². The highest BCUT2D eigenvalue weighted by Crippen LogP contribution is 2.15. The zero-order valence-electron chi connectivity index (χ0n) is 9.17. The zero-order valence-corrected chi connectivity index (χ0v) is 9.93. The molecule has 2 rings (SSSR count). The lowest BCUT2D eigenvalue weighted by Crippen LogP contribution is -2.09. The number of carbonyl (C=O) groups excluding carboxylic acids is 1. The van der Waals surface area contributed by atoms with Crippen molar-refractivity contribution in [2.75, 3.05) is 6.61 Å². The molecule has 1 aromatic carbocycles. The molecule has 0 saturated heterocycles. The van der Waals surface area contributed by atoms with Crippen LogP contribution in [0.2, 0.25) is 5.02 Å². The second-order valence-corrected chi connectivity index (χ2v) is 3.98. The van der Waals surface area contributed by atoms with Crippen molar-refractivity contribution in [2.24, 2.45) is 0 Å². The van der Waals surface area contributed by atoms with Crippen LogP contribution in [0.4, 0.5) is 0 Å². The summed E-state index contributed by atoms with van der Waals surface area (Å²) in [6.07, 6.45) is 2.69. The van der Waals surface area contributed by atoms with E-state index < -0.39 is 0 Å². The first-order chi connectivity index (χ1) is 8.29. The van der Waals surface area contributed by atoms with E-state index in [0.29, 0.717) is 23.9 Å². The number of carbonyl (C=O) groups is 1. The molecule has 0 atom stereocenters. The van der Waals surface area contributed by atoms with Crippen molar-refractivity contribution in [3.05, 3.63) is 53.3 Å². The summed E-state index contributed by atoms with van der Waals surface area (Å²) in [7, 11) is 0. The van der Waals surface area contributed by atoms with Gasteiger partial charge in [0, 0.05) is 11.2 Å². The topological polar surface area (TPSA) is 31.2 Å². The Morgan fingerprint density at radius 2 is 2.00 bits per heavy atom. The molecule has 0 unspecified atom stereocenters. The van der Waals surface area contributed by atoms with Crippen LogP contribution in [-0.4, -0.2) is 17.5 Å². The number of rotatable bonds is 5. The quantitative estimate of drug-likeness (QED) is 0.763. The first-order valence-corrected chi connectivity index (χ1v) is 5.66. The van der Waals surface area contributed by atoms with E-state index in [1.54, 1.807) is 18.2 Å². The standard InChI is InChI=1S/C13H12ClNO2/c14-11-3-5-13(6-4-11)17-9-8-15-7-1-2-12(15)10-16/h1-7,10H,8-9H2. The van der Waals surface area contributed by atoms with Gasteiger partial charge >= 0.3 is 0 Å². The van der Waals surface area contributed by atoms with Crippen LogP contribution >= 0.6 is 11.6 Å². The van der Waals surface area contributed by atoms with Gasteiger partial charge in [0.15, 0.2) is 6.29 Å². The van der Waals surface area contributed by atoms with Gasteiger partial charge in [-0.2, -0.15) is 0 Å². The Kier molecular flexibility index (Phi) is 3.83. The molecule has 0 saturated carbocycles. The van der Waals surface area contributed by atoms with Crippen LogP contribution in [0.1, 0.15) is 10.5 Å². The second-order valence-electron chi connectivity index (χ2n) is 3.55. The van der Waals surface area contributed by atoms with E-state index in [1.165, 1.54) is 0 Å². The average molecular weight is 250 g/mol. The maximum atomic E-state index is 10.7. The van der Waals surface area contributed by atoms with Crippen molar-refractivity contribution in [3.8, 4) is 5.75 Å². The second kappa shape index (κ2) is 5.55. The van der Waals surface area contributed by atoms with Gasteiger partial charge in [-0.25, -0.2) is 0 Å². The van der Waals surface area contributed by atoms with Crippen LogP contribution in [0.15, 0.2) is 42.6 Å². The van der Waals surface area contributed by atoms with Crippen molar-refractivity contribution >= 4 is 17.9 Å². The van der Waals surface area contributed by atoms with Crippen LogP contribution < -0.4 is 4.74 Å². The minimum absolute atomic E-state index is 0.511. The molecule has 0 aliphatic carbocycles. The van der Waals surface area contributed by atoms with Crippen molar-refractivity contribution < 1.29 is 9.53 Å². The molecule has 1 heterocycles. The average Bonchev–Trinajstić information content (AvgIpc) is 2.79. The molecule has 0 aliphatic rings. The summed E-state index contributed by atoms with van der Waals surface area (Å²) < 4.78 is 7.39. The molecule has 1 aromatic heterocycles. The smallest absolute Gasteiger partial charge is 0.166 e. The number of ether oxygens (including phenoxy) is 1. The maximum Gasteiger partial charge on any atom is 0.166 e. The van der Waals surface area contributed by atoms with E-state index >= 15 is 0 Å². The minimum Gasteiger partial charge on any atom is -0.492 e. The molecule has 0 N–H and O–H groups in total. The largest absolute Gasteiger partial charge is 0.492 e. The van der Waals surface area contributed by atoms with Gasteiger partial charge in [-0.05, 0) is 36.4 Å². The monoisotopic (exact) mass is 249 g/mol. The van der Waals surface area contributed by atoms with Crippen LogP contribution in [0, 0.1) is 0 Å². The Morgan fingerprint density at radius 1 is 1.24 bits per heavy atom. The van der Waals surface area contributed by atoms with Gasteiger partial charge in [-0.3, -0.25) is 4.79 Å². The van der Waals surface area contributed by atoms with Gasteiger partial charge in [0.1, 0.15) is 12.4 Å². The molecule has 2 aromatic rings. The molecule has 3 nitrogen and oxygen atoms in total. The highest BCUT2D eigenvalue weighted by atomic mass is 35.5. The summed E-state index contributed by atoms with van der Waals surface area (Å²) in [6, 6.07) is 10.8. The highest BCUT2D eigenvalue weighted by molar-refractivity contribution is 6.30. The summed E-state index contributed by atoms with van der Waals surface area (Å²) in [4.78, 5) is 10.7. The molecule has 88 valence electrons. The lowest BCUT2D eigenvalue weighted by atomic mass is 10.3. The lowest BCUT2D eigenvalue weighted by Gasteiger charge is -2.08. The Balaban J connectivity index is 1.87. The molecular formula is C13H12ClNO2. The van der Waals surface area contributed by atoms with Crippen LogP contribution in [0.5, 0.6) is 5.75 Å². The summed E-state index contributed by atoms with van der Waals surface area (Å²) in [6.45, 7) is 1.15. The number of aromatic nitrogens is 1. The van der Waals surface area contributed by atoms with Gasteiger partial charge in [0.05, 0.1) is 12.2 Å². The molecule has 0 radical (unpaired) electrons. The SMILES string of the molecule is O=Cc1cccn1CCOc1ccc(Cl)cc1. The van der Waals surface area contributed by atoms with Gasteiger partial charge in [0.25, 0.3) is 0 Å². The third-order valence-electron chi connectivity index (χ3n) is 2.40. The fourth-order valence-electron chi connectivity index (χ4n) is 1.53. The Bertz CT molecular complexity index is 490. The molecule has 0 bridgehead atoms. The van der Waals surface area contributed by atoms with Crippen molar-refractivity contribution in [1.29, 1.82) is 0 Å². The number of nitrogens with zero attached hydrogens (tertiary/aromatic N) is 1. The predicted octanol–water partition coefficient (Wildman–Crippen LogP) is 3.03. The van der Waals surface area contributed by atoms with Crippen molar-refractivity contribution in [1.82, 2.24) is 4.57 Å². The first-order valence-electron chi connectivity index (χ1n) is 5.28. The molecule has 0 fully saturated rings. The summed E-state index contributed by atoms with van der Waals surface area (Å²) in [5, 5.41) is 0.686. The number of hydrogen-bond donors (Lipinski definition) is 0. The molecule has 17 heavy (non-hydrogen) atoms. The third-order valence-corrected chi connectivity index (χ3v) is 2.65.